The third-order valence-corrected chi connectivity index (χ3v) is 14.1. The van der Waals surface area contributed by atoms with E-state index in [0.29, 0.717) is 41.4 Å². The van der Waals surface area contributed by atoms with Gasteiger partial charge in [-0.1, -0.05) is 11.6 Å². The van der Waals surface area contributed by atoms with Crippen LogP contribution in [-0.4, -0.2) is 120 Å². The Hall–Kier alpha value is -5.10. The molecule has 0 radical (unpaired) electrons. The van der Waals surface area contributed by atoms with Crippen LogP contribution in [0.1, 0.15) is 83.8 Å². The molecule has 1 unspecified atom stereocenters. The van der Waals surface area contributed by atoms with Crippen LogP contribution in [0.5, 0.6) is 0 Å². The molecule has 3 aromatic rings. The molecule has 6 aliphatic heterocycles. The lowest BCUT2D eigenvalue weighted by Gasteiger charge is -2.43. The molecule has 5 saturated heterocycles. The zero-order valence-corrected chi connectivity index (χ0v) is 34.1. The van der Waals surface area contributed by atoms with Crippen molar-refractivity contribution < 1.29 is 23.6 Å². The number of nitrogens with one attached hydrogen (secondary N) is 1. The SMILES string of the molecule is C[C@H]1CC2(CCN(c3ccc(CN4CCN(C5CCN(c6cc7c(cc6F)C(=O)N(C6CCC(=O)NC6=O)C7=O)CC5)CC4)nc3)CC2)CN1c1ccc(C#N)c(Cl)c1. The number of fused-ring (bicyclic) bond motifs is 1. The van der Waals surface area contributed by atoms with Gasteiger partial charge in [-0.2, -0.15) is 5.26 Å². The highest BCUT2D eigenvalue weighted by atomic mass is 35.5. The Kier molecular flexibility index (Phi) is 10.6. The monoisotopic (exact) mass is 821 g/mol. The van der Waals surface area contributed by atoms with E-state index < -0.39 is 35.5 Å². The number of hydrogen-bond acceptors (Lipinski definition) is 11. The Morgan fingerprint density at radius 1 is 0.881 bits per heavy atom. The molecule has 0 bridgehead atoms. The molecule has 59 heavy (non-hydrogen) atoms. The summed E-state index contributed by atoms with van der Waals surface area (Å²) in [5.41, 5.74) is 4.48. The van der Waals surface area contributed by atoms with Gasteiger partial charge in [0.25, 0.3) is 11.8 Å². The first kappa shape index (κ1) is 39.4. The molecule has 13 nitrogen and oxygen atoms in total. The van der Waals surface area contributed by atoms with Crippen LogP contribution in [0.3, 0.4) is 0 Å². The smallest absolute Gasteiger partial charge is 0.262 e. The summed E-state index contributed by atoms with van der Waals surface area (Å²) in [6.07, 6.45) is 7.24. The first-order valence-electron chi connectivity index (χ1n) is 20.9. The number of halogens is 2. The van der Waals surface area contributed by atoms with Crippen LogP contribution in [0, 0.1) is 22.6 Å². The summed E-state index contributed by atoms with van der Waals surface area (Å²) in [6.45, 7) is 11.2. The number of rotatable bonds is 7. The number of benzene rings is 2. The van der Waals surface area contributed by atoms with E-state index in [4.69, 9.17) is 16.6 Å². The second kappa shape index (κ2) is 15.8. The van der Waals surface area contributed by atoms with Crippen molar-refractivity contribution >= 4 is 52.3 Å². The van der Waals surface area contributed by atoms with Crippen molar-refractivity contribution in [1.29, 1.82) is 5.26 Å². The minimum absolute atomic E-state index is 0.0282. The lowest BCUT2D eigenvalue weighted by atomic mass is 9.76. The second-order valence-electron chi connectivity index (χ2n) is 17.3. The number of nitriles is 1. The number of carbonyl (C=O) groups excluding carboxylic acids is 4. The lowest BCUT2D eigenvalue weighted by molar-refractivity contribution is -0.136. The summed E-state index contributed by atoms with van der Waals surface area (Å²) in [7, 11) is 0. The maximum Gasteiger partial charge on any atom is 0.262 e. The number of pyridine rings is 1. The number of aromatic nitrogens is 1. The summed E-state index contributed by atoms with van der Waals surface area (Å²) in [6, 6.07) is 14.6. The molecule has 1 N–H and O–H groups in total. The molecule has 0 aliphatic carbocycles. The van der Waals surface area contributed by atoms with E-state index in [9.17, 15) is 24.4 Å². The van der Waals surface area contributed by atoms with Gasteiger partial charge in [0.15, 0.2) is 0 Å². The topological polar surface area (TPSA) is 136 Å². The average Bonchev–Trinajstić information content (AvgIpc) is 3.68. The van der Waals surface area contributed by atoms with Gasteiger partial charge in [0, 0.05) is 89.6 Å². The van der Waals surface area contributed by atoms with Crippen molar-refractivity contribution in [3.8, 4) is 6.07 Å². The molecular formula is C44H49ClFN9O4. The quantitative estimate of drug-likeness (QED) is 0.329. The van der Waals surface area contributed by atoms with Gasteiger partial charge >= 0.3 is 0 Å². The van der Waals surface area contributed by atoms with E-state index in [2.05, 4.69) is 50.0 Å². The summed E-state index contributed by atoms with van der Waals surface area (Å²) < 4.78 is 15.5. The van der Waals surface area contributed by atoms with Gasteiger partial charge in [-0.25, -0.2) is 4.39 Å². The zero-order chi connectivity index (χ0) is 41.0. The standard InChI is InChI=1S/C44H49ClFN9O4/c1-28-23-44(27-54(28)32-4-2-29(24-47)36(45)20-32)10-14-51(15-11-44)33-5-3-30(48-25-33)26-50-16-18-52(19-17-50)31-8-12-53(13-9-31)39-22-35-34(21-37(39)46)42(58)55(43(35)59)38-6-7-40(56)49-41(38)57/h2-5,20-22,25,28,31,38H,6-19,23,26-27H2,1H3,(H,49,56,57)/t28-,38?/m0/s1. The van der Waals surface area contributed by atoms with Gasteiger partial charge in [0.2, 0.25) is 11.8 Å². The molecule has 6 aliphatic rings. The first-order valence-corrected chi connectivity index (χ1v) is 21.3. The number of nitrogens with zero attached hydrogens (tertiary/aromatic N) is 8. The highest BCUT2D eigenvalue weighted by Gasteiger charge is 2.46. The maximum absolute atomic E-state index is 15.5. The minimum Gasteiger partial charge on any atom is -0.370 e. The van der Waals surface area contributed by atoms with Gasteiger partial charge < -0.3 is 14.7 Å². The van der Waals surface area contributed by atoms with Gasteiger partial charge in [-0.15, -0.1) is 0 Å². The number of piperidine rings is 3. The van der Waals surface area contributed by atoms with Gasteiger partial charge in [0.1, 0.15) is 17.9 Å². The summed E-state index contributed by atoms with van der Waals surface area (Å²) in [4.78, 5) is 68.2. The van der Waals surface area contributed by atoms with Crippen LogP contribution in [-0.2, 0) is 16.1 Å². The largest absolute Gasteiger partial charge is 0.370 e. The maximum atomic E-state index is 15.5. The molecule has 2 aromatic carbocycles. The van der Waals surface area contributed by atoms with Crippen molar-refractivity contribution in [2.24, 2.45) is 5.41 Å². The molecule has 0 saturated carbocycles. The molecule has 7 heterocycles. The van der Waals surface area contributed by atoms with E-state index >= 15 is 4.39 Å². The normalized spacial score (nSPS) is 24.2. The molecule has 15 heteroatoms. The van der Waals surface area contributed by atoms with Gasteiger partial charge in [-0.3, -0.25) is 44.2 Å². The van der Waals surface area contributed by atoms with Crippen LogP contribution < -0.4 is 20.0 Å². The number of piperazine rings is 1. The minimum atomic E-state index is -1.09. The van der Waals surface area contributed by atoms with E-state index in [0.717, 1.165) is 107 Å². The third-order valence-electron chi connectivity index (χ3n) is 13.8. The highest BCUT2D eigenvalue weighted by Crippen LogP contribution is 2.46. The Morgan fingerprint density at radius 3 is 2.25 bits per heavy atom. The number of anilines is 3. The summed E-state index contributed by atoms with van der Waals surface area (Å²) in [5, 5.41) is 12.0. The fourth-order valence-corrected chi connectivity index (χ4v) is 10.7. The van der Waals surface area contributed by atoms with Crippen molar-refractivity contribution in [3.63, 3.8) is 0 Å². The summed E-state index contributed by atoms with van der Waals surface area (Å²) >= 11 is 6.38. The van der Waals surface area contributed by atoms with Crippen LogP contribution in [0.2, 0.25) is 5.02 Å². The molecule has 4 amide bonds. The number of amides is 4. The Morgan fingerprint density at radius 2 is 1.59 bits per heavy atom. The second-order valence-corrected chi connectivity index (χ2v) is 17.7. The average molecular weight is 822 g/mol. The van der Waals surface area contributed by atoms with Crippen molar-refractivity contribution in [2.75, 3.05) is 73.6 Å². The predicted molar refractivity (Wildman–Crippen MR) is 221 cm³/mol. The van der Waals surface area contributed by atoms with Crippen molar-refractivity contribution in [3.05, 3.63) is 81.9 Å². The molecule has 9 rings (SSSR count). The van der Waals surface area contributed by atoms with Gasteiger partial charge in [-0.05, 0) is 93.3 Å². The molecule has 2 atom stereocenters. The van der Waals surface area contributed by atoms with E-state index in [1.807, 2.05) is 29.3 Å². The van der Waals surface area contributed by atoms with Crippen molar-refractivity contribution in [2.45, 2.75) is 76.5 Å². The number of carbonyl (C=O) groups is 4. The molecule has 5 fully saturated rings. The fourth-order valence-electron chi connectivity index (χ4n) is 10.4. The van der Waals surface area contributed by atoms with E-state index in [1.54, 1.807) is 0 Å². The Labute approximate surface area is 348 Å². The van der Waals surface area contributed by atoms with Crippen LogP contribution >= 0.6 is 11.6 Å². The van der Waals surface area contributed by atoms with Crippen LogP contribution in [0.4, 0.5) is 21.5 Å². The molecule has 1 aromatic heterocycles. The zero-order valence-electron chi connectivity index (χ0n) is 33.3. The fraction of sp³-hybridized carbons (Fsp3) is 0.500. The summed E-state index contributed by atoms with van der Waals surface area (Å²) in [5.74, 6) is -3.03. The lowest BCUT2D eigenvalue weighted by Crippen LogP contribution is -2.54. The number of hydrogen-bond donors (Lipinski definition) is 1. The Balaban J connectivity index is 0.730. The van der Waals surface area contributed by atoms with E-state index in [1.165, 1.54) is 11.8 Å². The van der Waals surface area contributed by atoms with Crippen LogP contribution in [0.25, 0.3) is 0 Å². The Bertz CT molecular complexity index is 2210. The van der Waals surface area contributed by atoms with Crippen molar-refractivity contribution in [1.82, 2.24) is 25.0 Å². The predicted octanol–water partition coefficient (Wildman–Crippen LogP) is 4.82. The first-order chi connectivity index (χ1) is 28.5. The number of imide groups is 2. The molecule has 308 valence electrons. The highest BCUT2D eigenvalue weighted by molar-refractivity contribution is 6.32. The van der Waals surface area contributed by atoms with E-state index in [-0.39, 0.29) is 29.4 Å². The van der Waals surface area contributed by atoms with Gasteiger partial charge in [0.05, 0.1) is 45.0 Å². The van der Waals surface area contributed by atoms with Crippen LogP contribution in [0.15, 0.2) is 48.7 Å². The molecule has 1 spiro atoms. The third kappa shape index (κ3) is 7.53. The molecular weight excluding hydrogens is 773 g/mol.